The van der Waals surface area contributed by atoms with Crippen molar-refractivity contribution in [1.29, 1.82) is 0 Å². The van der Waals surface area contributed by atoms with Crippen LogP contribution in [0.5, 0.6) is 11.5 Å². The van der Waals surface area contributed by atoms with E-state index in [1.54, 1.807) is 7.11 Å². The van der Waals surface area contributed by atoms with Crippen molar-refractivity contribution >= 4 is 22.5 Å². The molecule has 1 aliphatic rings. The van der Waals surface area contributed by atoms with Crippen LogP contribution in [0, 0.1) is 0 Å². The Kier molecular flexibility index (Phi) is 11.9. The number of nitrogens with zero attached hydrogens (tertiary/aromatic N) is 2. The van der Waals surface area contributed by atoms with Gasteiger partial charge in [-0.15, -0.1) is 0 Å². The number of fused-ring (bicyclic) bond motifs is 1. The summed E-state index contributed by atoms with van der Waals surface area (Å²) < 4.78 is 33.6. The molecule has 4 rings (SSSR count). The second kappa shape index (κ2) is 16.1. The van der Waals surface area contributed by atoms with Gasteiger partial charge in [0.25, 0.3) is 5.91 Å². The van der Waals surface area contributed by atoms with Crippen LogP contribution in [-0.4, -0.2) is 102 Å². The number of anilines is 1. The van der Waals surface area contributed by atoms with Crippen molar-refractivity contribution in [2.45, 2.75) is 12.8 Å². The summed E-state index contributed by atoms with van der Waals surface area (Å²) in [6.45, 7) is 6.87. The minimum atomic E-state index is -0.487. The third-order valence-electron chi connectivity index (χ3n) is 6.91. The van der Waals surface area contributed by atoms with E-state index in [1.807, 2.05) is 36.4 Å². The van der Waals surface area contributed by atoms with E-state index in [-0.39, 0.29) is 12.5 Å². The van der Waals surface area contributed by atoms with Gasteiger partial charge in [-0.2, -0.15) is 0 Å². The van der Waals surface area contributed by atoms with Gasteiger partial charge in [0.15, 0.2) is 0 Å². The minimum Gasteiger partial charge on any atom is -0.495 e. The maximum absolute atomic E-state index is 12.7. The number of rotatable bonds is 17. The lowest BCUT2D eigenvalue weighted by Gasteiger charge is -2.36. The normalized spacial score (nSPS) is 14.0. The fourth-order valence-electron chi connectivity index (χ4n) is 4.78. The average Bonchev–Trinajstić information content (AvgIpc) is 3.42. The predicted molar refractivity (Wildman–Crippen MR) is 155 cm³/mol. The first-order valence-corrected chi connectivity index (χ1v) is 14.0. The molecule has 2 aromatic carbocycles. The number of ether oxygens (including phenoxy) is 4. The van der Waals surface area contributed by atoms with E-state index in [9.17, 15) is 9.18 Å². The molecule has 0 bridgehead atoms. The van der Waals surface area contributed by atoms with Crippen molar-refractivity contribution in [2.24, 2.45) is 0 Å². The van der Waals surface area contributed by atoms with Crippen LogP contribution in [-0.2, 0) is 9.47 Å². The summed E-state index contributed by atoms with van der Waals surface area (Å²) in [4.78, 5) is 20.7. The van der Waals surface area contributed by atoms with Crippen LogP contribution >= 0.6 is 0 Å². The molecule has 10 heteroatoms. The molecule has 2 heterocycles. The number of nitrogens with one attached hydrogen (secondary N) is 2. The Labute approximate surface area is 235 Å². The third-order valence-corrected chi connectivity index (χ3v) is 6.91. The fourth-order valence-corrected chi connectivity index (χ4v) is 4.78. The second-order valence-corrected chi connectivity index (χ2v) is 9.66. The summed E-state index contributed by atoms with van der Waals surface area (Å²) in [5, 5.41) is 3.94. The van der Waals surface area contributed by atoms with Gasteiger partial charge in [0.1, 0.15) is 30.5 Å². The number of carbonyl (C=O) groups is 1. The van der Waals surface area contributed by atoms with E-state index >= 15 is 0 Å². The van der Waals surface area contributed by atoms with E-state index < -0.39 is 6.67 Å². The van der Waals surface area contributed by atoms with E-state index in [2.05, 4.69) is 32.2 Å². The van der Waals surface area contributed by atoms with Crippen molar-refractivity contribution in [3.63, 3.8) is 0 Å². The lowest BCUT2D eigenvalue weighted by atomic mass is 10.2. The smallest absolute Gasteiger partial charge is 0.267 e. The van der Waals surface area contributed by atoms with Gasteiger partial charge in [0, 0.05) is 43.6 Å². The number of para-hydroxylation sites is 2. The van der Waals surface area contributed by atoms with Crippen molar-refractivity contribution in [1.82, 2.24) is 15.2 Å². The lowest BCUT2D eigenvalue weighted by Crippen LogP contribution is -2.46. The predicted octanol–water partition coefficient (Wildman–Crippen LogP) is 3.89. The average molecular weight is 557 g/mol. The summed E-state index contributed by atoms with van der Waals surface area (Å²) in [6.07, 6.45) is 1.97. The number of hydrogen-bond acceptors (Lipinski definition) is 7. The minimum absolute atomic E-state index is 0.0983. The number of piperazine rings is 1. The van der Waals surface area contributed by atoms with Gasteiger partial charge in [-0.25, -0.2) is 4.39 Å². The highest BCUT2D eigenvalue weighted by atomic mass is 19.1. The highest BCUT2D eigenvalue weighted by Gasteiger charge is 2.19. The SMILES string of the molecule is COc1ccccc1N1CCN(CCCCNC(=O)c2cc3cc(OCCOCCOCCF)ccc3[nH]2)CC1. The Hall–Kier alpha value is -3.34. The van der Waals surface area contributed by atoms with Crippen LogP contribution < -0.4 is 19.7 Å². The molecule has 218 valence electrons. The molecule has 2 N–H and O–H groups in total. The summed E-state index contributed by atoms with van der Waals surface area (Å²) in [6, 6.07) is 15.7. The number of amides is 1. The number of benzene rings is 2. The van der Waals surface area contributed by atoms with Crippen molar-refractivity contribution < 1.29 is 28.1 Å². The molecule has 9 nitrogen and oxygen atoms in total. The van der Waals surface area contributed by atoms with Gasteiger partial charge in [0.05, 0.1) is 39.2 Å². The summed E-state index contributed by atoms with van der Waals surface area (Å²) in [7, 11) is 1.72. The zero-order valence-corrected chi connectivity index (χ0v) is 23.3. The molecule has 1 fully saturated rings. The first-order valence-electron chi connectivity index (χ1n) is 14.0. The van der Waals surface area contributed by atoms with E-state index in [0.717, 1.165) is 67.9 Å². The number of hydrogen-bond donors (Lipinski definition) is 2. The molecule has 0 aliphatic carbocycles. The number of carbonyl (C=O) groups excluding carboxylic acids is 1. The largest absolute Gasteiger partial charge is 0.495 e. The highest BCUT2D eigenvalue weighted by Crippen LogP contribution is 2.28. The molecule has 1 aromatic heterocycles. The Morgan fingerprint density at radius 1 is 0.950 bits per heavy atom. The third kappa shape index (κ3) is 8.84. The van der Waals surface area contributed by atoms with E-state index in [0.29, 0.717) is 44.4 Å². The Balaban J connectivity index is 1.10. The number of unbranched alkanes of at least 4 members (excludes halogenated alkanes) is 1. The standard InChI is InChI=1S/C30H41FN4O5/c1-37-29-7-3-2-6-28(29)35-15-13-34(14-16-35)12-5-4-11-32-30(36)27-23-24-22-25(8-9-26(24)33-27)40-21-20-39-19-18-38-17-10-31/h2-3,6-9,22-23,33H,4-5,10-21H2,1H3,(H,32,36). The molecule has 3 aromatic rings. The monoisotopic (exact) mass is 556 g/mol. The summed E-state index contributed by atoms with van der Waals surface area (Å²) in [5.41, 5.74) is 2.58. The highest BCUT2D eigenvalue weighted by molar-refractivity contribution is 5.98. The number of methoxy groups -OCH3 is 1. The number of H-pyrrole nitrogens is 1. The molecular formula is C30H41FN4O5. The number of alkyl halides is 1. The van der Waals surface area contributed by atoms with Crippen molar-refractivity contribution in [3.05, 3.63) is 54.2 Å². The van der Waals surface area contributed by atoms with E-state index in [4.69, 9.17) is 18.9 Å². The maximum Gasteiger partial charge on any atom is 0.267 e. The molecule has 0 radical (unpaired) electrons. The van der Waals surface area contributed by atoms with Crippen LogP contribution in [0.3, 0.4) is 0 Å². The second-order valence-electron chi connectivity index (χ2n) is 9.66. The molecule has 1 aliphatic heterocycles. The topological polar surface area (TPSA) is 88.3 Å². The van der Waals surface area contributed by atoms with Crippen LogP contribution in [0.4, 0.5) is 10.1 Å². The van der Waals surface area contributed by atoms with Gasteiger partial charge in [0.2, 0.25) is 0 Å². The molecule has 0 unspecified atom stereocenters. The maximum atomic E-state index is 12.7. The fraction of sp³-hybridized carbons (Fsp3) is 0.500. The number of aromatic nitrogens is 1. The first-order chi connectivity index (χ1) is 19.7. The molecule has 0 atom stereocenters. The molecular weight excluding hydrogens is 515 g/mol. The molecule has 1 amide bonds. The molecule has 0 saturated carbocycles. The lowest BCUT2D eigenvalue weighted by molar-refractivity contribution is 0.0325. The van der Waals surface area contributed by atoms with Crippen molar-refractivity contribution in [3.8, 4) is 11.5 Å². The molecule has 40 heavy (non-hydrogen) atoms. The Bertz CT molecular complexity index is 1180. The molecule has 1 saturated heterocycles. The van der Waals surface area contributed by atoms with Gasteiger partial charge >= 0.3 is 0 Å². The number of aromatic amines is 1. The molecule has 0 spiro atoms. The summed E-state index contributed by atoms with van der Waals surface area (Å²) in [5.74, 6) is 1.53. The van der Waals surface area contributed by atoms with Crippen LogP contribution in [0.15, 0.2) is 48.5 Å². The van der Waals surface area contributed by atoms with E-state index in [1.165, 1.54) is 0 Å². The van der Waals surface area contributed by atoms with Gasteiger partial charge in [-0.3, -0.25) is 9.69 Å². The Morgan fingerprint density at radius 2 is 1.73 bits per heavy atom. The van der Waals surface area contributed by atoms with Gasteiger partial charge < -0.3 is 34.1 Å². The summed E-state index contributed by atoms with van der Waals surface area (Å²) >= 11 is 0. The zero-order chi connectivity index (χ0) is 28.0. The van der Waals surface area contributed by atoms with Crippen LogP contribution in [0.1, 0.15) is 23.3 Å². The van der Waals surface area contributed by atoms with Gasteiger partial charge in [-0.1, -0.05) is 12.1 Å². The first kappa shape index (κ1) is 29.6. The Morgan fingerprint density at radius 3 is 2.52 bits per heavy atom. The van der Waals surface area contributed by atoms with Crippen LogP contribution in [0.2, 0.25) is 0 Å². The van der Waals surface area contributed by atoms with Crippen LogP contribution in [0.25, 0.3) is 10.9 Å². The van der Waals surface area contributed by atoms with Crippen molar-refractivity contribution in [2.75, 3.05) is 91.0 Å². The zero-order valence-electron chi connectivity index (χ0n) is 23.3. The quantitative estimate of drug-likeness (QED) is 0.244. The van der Waals surface area contributed by atoms with Gasteiger partial charge in [-0.05, 0) is 55.8 Å². The number of halogens is 1.